The van der Waals surface area contributed by atoms with Gasteiger partial charge in [-0.15, -0.1) is 0 Å². The smallest absolute Gasteiger partial charge is 0.407 e. The van der Waals surface area contributed by atoms with Crippen molar-refractivity contribution in [2.75, 3.05) is 27.2 Å². The molecule has 2 atom stereocenters. The van der Waals surface area contributed by atoms with E-state index in [1.54, 1.807) is 14.2 Å². The van der Waals surface area contributed by atoms with Crippen LogP contribution in [-0.4, -0.2) is 56.5 Å². The molecule has 0 aliphatic carbocycles. The summed E-state index contributed by atoms with van der Waals surface area (Å²) in [6.07, 6.45) is 3.80. The van der Waals surface area contributed by atoms with Crippen LogP contribution in [0.25, 0.3) is 0 Å². The number of rotatable bonds is 2. The zero-order chi connectivity index (χ0) is 13.5. The van der Waals surface area contributed by atoms with Gasteiger partial charge in [0.1, 0.15) is 6.10 Å². The molecule has 2 unspecified atom stereocenters. The Morgan fingerprint density at radius 2 is 2.11 bits per heavy atom. The van der Waals surface area contributed by atoms with Crippen LogP contribution in [-0.2, 0) is 9.47 Å². The van der Waals surface area contributed by atoms with E-state index in [0.717, 1.165) is 13.0 Å². The minimum Gasteiger partial charge on any atom is -0.445 e. The van der Waals surface area contributed by atoms with Gasteiger partial charge in [-0.05, 0) is 33.2 Å². The Bertz CT molecular complexity index is 247. The monoisotopic (exact) mass is 258 g/mol. The van der Waals surface area contributed by atoms with Crippen LogP contribution in [0.15, 0.2) is 0 Å². The zero-order valence-corrected chi connectivity index (χ0v) is 11.9. The van der Waals surface area contributed by atoms with Crippen molar-refractivity contribution < 1.29 is 14.3 Å². The third kappa shape index (κ3) is 4.82. The van der Waals surface area contributed by atoms with Crippen LogP contribution in [0.2, 0.25) is 0 Å². The number of methoxy groups -OCH3 is 1. The number of carbonyl (C=O) groups is 1. The first-order chi connectivity index (χ1) is 8.56. The molecule has 18 heavy (non-hydrogen) atoms. The Labute approximate surface area is 110 Å². The molecule has 106 valence electrons. The fourth-order valence-electron chi connectivity index (χ4n) is 2.34. The summed E-state index contributed by atoms with van der Waals surface area (Å²) in [7, 11) is 3.29. The molecule has 0 aromatic rings. The lowest BCUT2D eigenvalue weighted by Crippen LogP contribution is -2.28. The summed E-state index contributed by atoms with van der Waals surface area (Å²) >= 11 is 0. The fraction of sp³-hybridized carbons (Fsp3) is 0.923. The van der Waals surface area contributed by atoms with Gasteiger partial charge < -0.3 is 14.8 Å². The maximum absolute atomic E-state index is 10.9. The van der Waals surface area contributed by atoms with Crippen molar-refractivity contribution in [3.05, 3.63) is 0 Å². The zero-order valence-electron chi connectivity index (χ0n) is 11.9. The first kappa shape index (κ1) is 15.2. The normalized spacial score (nSPS) is 26.5. The molecule has 0 aromatic heterocycles. The molecule has 2 aliphatic rings. The minimum absolute atomic E-state index is 0.116. The molecule has 0 spiro atoms. The highest BCUT2D eigenvalue weighted by atomic mass is 16.6. The van der Waals surface area contributed by atoms with Crippen molar-refractivity contribution >= 4 is 6.09 Å². The van der Waals surface area contributed by atoms with E-state index in [1.165, 1.54) is 19.4 Å². The molecule has 1 amide bonds. The standard InChI is InChI=1S/C9H16N2O2.C4H10O/c1-10-9(12)13-8-5-7-3-2-4-11(7)6-8;1-4(2)5-3/h7-8H,2-6H2,1H3,(H,10,12);4H,1-3H3. The lowest BCUT2D eigenvalue weighted by molar-refractivity contribution is 0.102. The quantitative estimate of drug-likeness (QED) is 0.817. The van der Waals surface area contributed by atoms with Gasteiger partial charge in [-0.3, -0.25) is 4.90 Å². The van der Waals surface area contributed by atoms with Crippen molar-refractivity contribution in [1.29, 1.82) is 0 Å². The molecule has 0 aromatic carbocycles. The minimum atomic E-state index is -0.300. The molecular weight excluding hydrogens is 232 g/mol. The van der Waals surface area contributed by atoms with Crippen molar-refractivity contribution in [2.45, 2.75) is 51.4 Å². The van der Waals surface area contributed by atoms with Crippen LogP contribution in [0.3, 0.4) is 0 Å². The fourth-order valence-corrected chi connectivity index (χ4v) is 2.34. The molecule has 5 nitrogen and oxygen atoms in total. The van der Waals surface area contributed by atoms with E-state index in [9.17, 15) is 4.79 Å². The number of fused-ring (bicyclic) bond motifs is 1. The van der Waals surface area contributed by atoms with E-state index in [1.807, 2.05) is 13.8 Å². The lowest BCUT2D eigenvalue weighted by atomic mass is 10.1. The van der Waals surface area contributed by atoms with Crippen LogP contribution >= 0.6 is 0 Å². The van der Waals surface area contributed by atoms with Gasteiger partial charge in [0.25, 0.3) is 0 Å². The predicted molar refractivity (Wildman–Crippen MR) is 70.7 cm³/mol. The summed E-state index contributed by atoms with van der Waals surface area (Å²) in [4.78, 5) is 13.4. The van der Waals surface area contributed by atoms with Gasteiger partial charge in [-0.25, -0.2) is 4.79 Å². The summed E-state index contributed by atoms with van der Waals surface area (Å²) < 4.78 is 9.96. The molecule has 2 rings (SSSR count). The van der Waals surface area contributed by atoms with Gasteiger partial charge in [0, 0.05) is 33.2 Å². The highest BCUT2D eigenvalue weighted by Gasteiger charge is 2.36. The van der Waals surface area contributed by atoms with E-state index >= 15 is 0 Å². The number of carbonyl (C=O) groups excluding carboxylic acids is 1. The van der Waals surface area contributed by atoms with Crippen molar-refractivity contribution in [3.8, 4) is 0 Å². The molecule has 5 heteroatoms. The summed E-state index contributed by atoms with van der Waals surface area (Å²) in [5, 5.41) is 2.48. The Kier molecular flexibility index (Phi) is 6.43. The Balaban J connectivity index is 0.000000280. The van der Waals surface area contributed by atoms with Crippen LogP contribution in [0, 0.1) is 0 Å². The Hall–Kier alpha value is -0.810. The van der Waals surface area contributed by atoms with E-state index in [0.29, 0.717) is 12.1 Å². The van der Waals surface area contributed by atoms with Gasteiger partial charge in [-0.2, -0.15) is 0 Å². The third-order valence-electron chi connectivity index (χ3n) is 3.42. The largest absolute Gasteiger partial charge is 0.445 e. The second kappa shape index (κ2) is 7.59. The maximum Gasteiger partial charge on any atom is 0.407 e. The highest BCUT2D eigenvalue weighted by Crippen LogP contribution is 2.28. The molecule has 2 aliphatic heterocycles. The van der Waals surface area contributed by atoms with Gasteiger partial charge >= 0.3 is 6.09 Å². The summed E-state index contributed by atoms with van der Waals surface area (Å²) in [5.74, 6) is 0. The molecule has 0 saturated carbocycles. The van der Waals surface area contributed by atoms with Crippen LogP contribution in [0.5, 0.6) is 0 Å². The number of alkyl carbamates (subject to hydrolysis) is 1. The second-order valence-corrected chi connectivity index (χ2v) is 5.09. The lowest BCUT2D eigenvalue weighted by Gasteiger charge is -2.13. The van der Waals surface area contributed by atoms with Gasteiger partial charge in [-0.1, -0.05) is 0 Å². The molecule has 0 bridgehead atoms. The number of nitrogens with one attached hydrogen (secondary N) is 1. The van der Waals surface area contributed by atoms with Crippen molar-refractivity contribution in [2.24, 2.45) is 0 Å². The van der Waals surface area contributed by atoms with E-state index in [4.69, 9.17) is 9.47 Å². The summed E-state index contributed by atoms with van der Waals surface area (Å²) in [5.41, 5.74) is 0. The SMILES string of the molecule is CNC(=O)OC1CC2CCCN2C1.COC(C)C. The third-order valence-corrected chi connectivity index (χ3v) is 3.42. The topological polar surface area (TPSA) is 50.8 Å². The molecule has 1 N–H and O–H groups in total. The molecule has 2 saturated heterocycles. The molecule has 0 radical (unpaired) electrons. The summed E-state index contributed by atoms with van der Waals surface area (Å²) in [6, 6.07) is 0.676. The number of hydrogen-bond acceptors (Lipinski definition) is 4. The Morgan fingerprint density at radius 1 is 1.44 bits per heavy atom. The van der Waals surface area contributed by atoms with Crippen LogP contribution < -0.4 is 5.32 Å². The van der Waals surface area contributed by atoms with Crippen LogP contribution in [0.1, 0.15) is 33.1 Å². The van der Waals surface area contributed by atoms with Crippen molar-refractivity contribution in [1.82, 2.24) is 10.2 Å². The maximum atomic E-state index is 10.9. The average molecular weight is 258 g/mol. The second-order valence-electron chi connectivity index (χ2n) is 5.09. The average Bonchev–Trinajstić information content (AvgIpc) is 2.90. The molecular formula is C13H26N2O3. The molecule has 2 heterocycles. The first-order valence-electron chi connectivity index (χ1n) is 6.72. The Morgan fingerprint density at radius 3 is 2.61 bits per heavy atom. The van der Waals surface area contributed by atoms with E-state index < -0.39 is 0 Å². The number of nitrogens with zero attached hydrogens (tertiary/aromatic N) is 1. The highest BCUT2D eigenvalue weighted by molar-refractivity contribution is 5.66. The number of hydrogen-bond donors (Lipinski definition) is 1. The van der Waals surface area contributed by atoms with E-state index in [2.05, 4.69) is 10.2 Å². The summed E-state index contributed by atoms with van der Waals surface area (Å²) in [6.45, 7) is 6.11. The van der Waals surface area contributed by atoms with Gasteiger partial charge in [0.15, 0.2) is 0 Å². The van der Waals surface area contributed by atoms with E-state index in [-0.39, 0.29) is 12.2 Å². The van der Waals surface area contributed by atoms with Crippen LogP contribution in [0.4, 0.5) is 4.79 Å². The molecule has 2 fully saturated rings. The van der Waals surface area contributed by atoms with Gasteiger partial charge in [0.2, 0.25) is 0 Å². The number of ether oxygens (including phenoxy) is 2. The first-order valence-corrected chi connectivity index (χ1v) is 6.72. The number of amides is 1. The predicted octanol–water partition coefficient (Wildman–Crippen LogP) is 1.62. The van der Waals surface area contributed by atoms with Crippen molar-refractivity contribution in [3.63, 3.8) is 0 Å². The van der Waals surface area contributed by atoms with Gasteiger partial charge in [0.05, 0.1) is 6.10 Å².